The van der Waals surface area contributed by atoms with Gasteiger partial charge in [0, 0.05) is 16.2 Å². The number of aromatic nitrogens is 1. The molecule has 0 aromatic carbocycles. The highest BCUT2D eigenvalue weighted by Gasteiger charge is 2.42. The highest BCUT2D eigenvalue weighted by atomic mass is 35.5. The molecule has 1 unspecified atom stereocenters. The summed E-state index contributed by atoms with van der Waals surface area (Å²) in [5, 5.41) is 5.62. The first kappa shape index (κ1) is 18.3. The van der Waals surface area contributed by atoms with Gasteiger partial charge in [-0.15, -0.1) is 35.1 Å². The van der Waals surface area contributed by atoms with Gasteiger partial charge < -0.3 is 5.32 Å². The predicted molar refractivity (Wildman–Crippen MR) is 92.1 cm³/mol. The molecule has 1 saturated heterocycles. The van der Waals surface area contributed by atoms with Crippen molar-refractivity contribution in [3.63, 3.8) is 0 Å². The van der Waals surface area contributed by atoms with E-state index in [4.69, 9.17) is 0 Å². The van der Waals surface area contributed by atoms with E-state index in [1.807, 2.05) is 26.0 Å². The second kappa shape index (κ2) is 6.80. The number of amides is 1. The van der Waals surface area contributed by atoms with E-state index >= 15 is 0 Å². The van der Waals surface area contributed by atoms with E-state index in [2.05, 4.69) is 15.6 Å². The first-order valence-corrected chi connectivity index (χ1v) is 8.44. The quantitative estimate of drug-likeness (QED) is 0.851. The van der Waals surface area contributed by atoms with Gasteiger partial charge in [-0.05, 0) is 26.0 Å². The van der Waals surface area contributed by atoms with Crippen molar-refractivity contribution in [1.29, 1.82) is 0 Å². The number of aryl methyl sites for hydroxylation is 2. The number of carbonyl (C=O) groups is 1. The zero-order valence-corrected chi connectivity index (χ0v) is 14.9. The minimum Gasteiger partial charge on any atom is -0.301 e. The van der Waals surface area contributed by atoms with E-state index in [0.717, 1.165) is 15.4 Å². The molecule has 1 atom stereocenters. The van der Waals surface area contributed by atoms with Crippen molar-refractivity contribution >= 4 is 46.1 Å². The Balaban J connectivity index is 0.00000192. The number of hydrogen-bond acceptors (Lipinski definition) is 5. The van der Waals surface area contributed by atoms with Gasteiger partial charge in [0.25, 0.3) is 5.92 Å². The fraction of sp³-hybridized carbons (Fsp3) is 0.429. The summed E-state index contributed by atoms with van der Waals surface area (Å²) >= 11 is 2.99. The van der Waals surface area contributed by atoms with Crippen molar-refractivity contribution in [3.8, 4) is 10.6 Å². The maximum atomic E-state index is 13.1. The summed E-state index contributed by atoms with van der Waals surface area (Å²) in [5.74, 6) is -3.28. The van der Waals surface area contributed by atoms with Gasteiger partial charge in [-0.25, -0.2) is 13.8 Å². The Labute approximate surface area is 146 Å². The molecule has 0 aliphatic carbocycles. The SMILES string of the molecule is Cc1ccc(-c2nc(NC(=O)C3CC(F)(F)CN3)sc2C)s1.Cl. The minimum atomic E-state index is -2.82. The monoisotopic (exact) mass is 379 g/mol. The molecule has 0 bridgehead atoms. The Morgan fingerprint density at radius 2 is 2.13 bits per heavy atom. The van der Waals surface area contributed by atoms with E-state index in [0.29, 0.717) is 5.13 Å². The number of anilines is 1. The Morgan fingerprint density at radius 1 is 1.39 bits per heavy atom. The topological polar surface area (TPSA) is 54.0 Å². The summed E-state index contributed by atoms with van der Waals surface area (Å²) in [4.78, 5) is 19.7. The predicted octanol–water partition coefficient (Wildman–Crippen LogP) is 3.85. The smallest absolute Gasteiger partial charge is 0.262 e. The third-order valence-electron chi connectivity index (χ3n) is 3.43. The number of halogens is 3. The van der Waals surface area contributed by atoms with Crippen molar-refractivity contribution in [2.75, 3.05) is 11.9 Å². The number of carbonyl (C=O) groups excluding carboxylic acids is 1. The van der Waals surface area contributed by atoms with Gasteiger partial charge in [0.1, 0.15) is 0 Å². The average Bonchev–Trinajstić information content (AvgIpc) is 3.09. The molecule has 3 heterocycles. The Morgan fingerprint density at radius 3 is 2.70 bits per heavy atom. The van der Waals surface area contributed by atoms with E-state index in [1.54, 1.807) is 11.3 Å². The van der Waals surface area contributed by atoms with Crippen LogP contribution >= 0.6 is 35.1 Å². The molecule has 1 fully saturated rings. The standard InChI is InChI=1S/C14H15F2N3OS2.ClH/c1-7-3-4-10(21-7)11-8(2)22-13(18-11)19-12(20)9-5-14(15,16)6-17-9;/h3-4,9,17H,5-6H2,1-2H3,(H,18,19,20);1H. The minimum absolute atomic E-state index is 0. The van der Waals surface area contributed by atoms with E-state index in [1.165, 1.54) is 16.2 Å². The van der Waals surface area contributed by atoms with Gasteiger partial charge in [-0.3, -0.25) is 10.1 Å². The maximum Gasteiger partial charge on any atom is 0.262 e. The van der Waals surface area contributed by atoms with Crippen molar-refractivity contribution in [3.05, 3.63) is 21.9 Å². The van der Waals surface area contributed by atoms with Crippen LogP contribution in [0.1, 0.15) is 16.2 Å². The zero-order valence-electron chi connectivity index (χ0n) is 12.5. The molecule has 2 aromatic heterocycles. The molecule has 2 N–H and O–H groups in total. The lowest BCUT2D eigenvalue weighted by atomic mass is 10.2. The fourth-order valence-electron chi connectivity index (χ4n) is 2.33. The molecular formula is C14H16ClF2N3OS2. The third kappa shape index (κ3) is 4.06. The molecule has 1 amide bonds. The van der Waals surface area contributed by atoms with Crippen LogP contribution < -0.4 is 10.6 Å². The summed E-state index contributed by atoms with van der Waals surface area (Å²) in [6.07, 6.45) is -0.472. The Bertz CT molecular complexity index is 717. The lowest BCUT2D eigenvalue weighted by Gasteiger charge is -2.08. The van der Waals surface area contributed by atoms with Gasteiger partial charge in [-0.2, -0.15) is 0 Å². The molecule has 9 heteroatoms. The molecule has 2 aromatic rings. The van der Waals surface area contributed by atoms with Gasteiger partial charge in [0.05, 0.1) is 23.2 Å². The number of nitrogens with zero attached hydrogens (tertiary/aromatic N) is 1. The summed E-state index contributed by atoms with van der Waals surface area (Å²) in [5.41, 5.74) is 0.836. The number of thiazole rings is 1. The van der Waals surface area contributed by atoms with Crippen LogP contribution in [0, 0.1) is 13.8 Å². The molecule has 0 spiro atoms. The van der Waals surface area contributed by atoms with Crippen LogP contribution in [0.4, 0.5) is 13.9 Å². The van der Waals surface area contributed by atoms with E-state index in [-0.39, 0.29) is 12.4 Å². The largest absolute Gasteiger partial charge is 0.301 e. The highest BCUT2D eigenvalue weighted by Crippen LogP contribution is 2.34. The van der Waals surface area contributed by atoms with Crippen molar-refractivity contribution in [2.24, 2.45) is 0 Å². The summed E-state index contributed by atoms with van der Waals surface area (Å²) < 4.78 is 26.3. The third-order valence-corrected chi connectivity index (χ3v) is 5.32. The Hall–Kier alpha value is -1.09. The van der Waals surface area contributed by atoms with Crippen LogP contribution in [0.5, 0.6) is 0 Å². The number of nitrogens with one attached hydrogen (secondary N) is 2. The summed E-state index contributed by atoms with van der Waals surface area (Å²) in [6, 6.07) is 3.14. The molecule has 23 heavy (non-hydrogen) atoms. The molecular weight excluding hydrogens is 364 g/mol. The van der Waals surface area contributed by atoms with Gasteiger partial charge >= 0.3 is 0 Å². The zero-order chi connectivity index (χ0) is 15.9. The molecule has 1 aliphatic rings. The molecule has 0 saturated carbocycles. The number of hydrogen-bond donors (Lipinski definition) is 2. The number of thiophene rings is 1. The molecule has 3 rings (SSSR count). The molecule has 126 valence electrons. The maximum absolute atomic E-state index is 13.1. The highest BCUT2D eigenvalue weighted by molar-refractivity contribution is 7.18. The normalized spacial score (nSPS) is 19.4. The van der Waals surface area contributed by atoms with E-state index < -0.39 is 30.8 Å². The van der Waals surface area contributed by atoms with Gasteiger partial charge in [-0.1, -0.05) is 0 Å². The van der Waals surface area contributed by atoms with Crippen LogP contribution in [0.3, 0.4) is 0 Å². The van der Waals surface area contributed by atoms with Crippen molar-refractivity contribution < 1.29 is 13.6 Å². The van der Waals surface area contributed by atoms with E-state index in [9.17, 15) is 13.6 Å². The summed E-state index contributed by atoms with van der Waals surface area (Å²) in [7, 11) is 0. The number of rotatable bonds is 3. The first-order chi connectivity index (χ1) is 10.3. The van der Waals surface area contributed by atoms with Crippen LogP contribution in [-0.2, 0) is 4.79 Å². The first-order valence-electron chi connectivity index (χ1n) is 6.80. The van der Waals surface area contributed by atoms with Crippen LogP contribution in [0.25, 0.3) is 10.6 Å². The second-order valence-corrected chi connectivity index (χ2v) is 7.81. The molecule has 4 nitrogen and oxygen atoms in total. The second-order valence-electron chi connectivity index (χ2n) is 5.32. The van der Waals surface area contributed by atoms with Crippen molar-refractivity contribution in [2.45, 2.75) is 32.2 Å². The lowest BCUT2D eigenvalue weighted by molar-refractivity contribution is -0.118. The van der Waals surface area contributed by atoms with Crippen LogP contribution in [0.2, 0.25) is 0 Å². The van der Waals surface area contributed by atoms with Gasteiger partial charge in [0.2, 0.25) is 5.91 Å². The Kier molecular flexibility index (Phi) is 5.40. The number of alkyl halides is 2. The van der Waals surface area contributed by atoms with Gasteiger partial charge in [0.15, 0.2) is 5.13 Å². The fourth-order valence-corrected chi connectivity index (χ4v) is 4.14. The lowest BCUT2D eigenvalue weighted by Crippen LogP contribution is -2.35. The summed E-state index contributed by atoms with van der Waals surface area (Å²) in [6.45, 7) is 3.49. The average molecular weight is 380 g/mol. The van der Waals surface area contributed by atoms with Crippen molar-refractivity contribution in [1.82, 2.24) is 10.3 Å². The van der Waals surface area contributed by atoms with Crippen LogP contribution in [-0.4, -0.2) is 29.4 Å². The molecule has 0 radical (unpaired) electrons. The van der Waals surface area contributed by atoms with Crippen LogP contribution in [0.15, 0.2) is 12.1 Å². The molecule has 1 aliphatic heterocycles.